The highest BCUT2D eigenvalue weighted by atomic mass is 15.2. The van der Waals surface area contributed by atoms with Gasteiger partial charge in [0.15, 0.2) is 0 Å². The van der Waals surface area contributed by atoms with Crippen molar-refractivity contribution in [3.8, 4) is 33.4 Å². The van der Waals surface area contributed by atoms with E-state index in [1.54, 1.807) is 0 Å². The van der Waals surface area contributed by atoms with Gasteiger partial charge in [0.2, 0.25) is 0 Å². The molecule has 12 rings (SSSR count). The molecule has 3 aliphatic rings. The van der Waals surface area contributed by atoms with E-state index in [0.29, 0.717) is 0 Å². The van der Waals surface area contributed by atoms with Crippen molar-refractivity contribution in [1.82, 2.24) is 0 Å². The smallest absolute Gasteiger partial charge is 0.0754 e. The van der Waals surface area contributed by atoms with E-state index >= 15 is 0 Å². The quantitative estimate of drug-likeness (QED) is 0.172. The van der Waals surface area contributed by atoms with Crippen molar-refractivity contribution in [1.29, 1.82) is 0 Å². The molecule has 0 saturated carbocycles. The SMILES string of the molecule is CC1(C)c2ccccc2-c2c(N(c3ccccc3)c3ccccc3-c3ccc4c(c3)C3(c5ccccc5-4)c4ccccc4N(c4ccccc4)c4ccccc43)cccc21. The van der Waals surface area contributed by atoms with Gasteiger partial charge in [-0.1, -0.05) is 178 Å². The molecule has 0 aromatic heterocycles. The Labute approximate surface area is 352 Å². The maximum Gasteiger partial charge on any atom is 0.0754 e. The minimum absolute atomic E-state index is 0.115. The van der Waals surface area contributed by atoms with Crippen LogP contribution in [0.25, 0.3) is 33.4 Å². The molecule has 9 aromatic carbocycles. The standard InChI is InChI=1S/C58H42N2/c1-57(2)46-27-12-10-26-45(46)56-50(57)31-19-35-55(56)59(40-20-5-3-6-21-40)52-32-16-11-24-42(52)39-36-37-44-43-25-9-13-28-47(43)58(51(44)38-39)48-29-14-17-33-53(48)60(41-22-7-4-8-23-41)54-34-18-15-30-49(54)58/h3-38H,1-2H3. The summed E-state index contributed by atoms with van der Waals surface area (Å²) < 4.78 is 0. The number of nitrogens with zero attached hydrogens (tertiary/aromatic N) is 2. The van der Waals surface area contributed by atoms with Gasteiger partial charge in [-0.2, -0.15) is 0 Å². The summed E-state index contributed by atoms with van der Waals surface area (Å²) in [6.07, 6.45) is 0. The molecule has 2 nitrogen and oxygen atoms in total. The van der Waals surface area contributed by atoms with Crippen LogP contribution in [-0.2, 0) is 10.8 Å². The Morgan fingerprint density at radius 1 is 0.367 bits per heavy atom. The second-order valence-corrected chi connectivity index (χ2v) is 16.8. The van der Waals surface area contributed by atoms with Crippen LogP contribution in [0.2, 0.25) is 0 Å². The Morgan fingerprint density at radius 2 is 0.883 bits per heavy atom. The Bertz CT molecular complexity index is 3090. The van der Waals surface area contributed by atoms with Gasteiger partial charge in [0.25, 0.3) is 0 Å². The number of fused-ring (bicyclic) bond motifs is 12. The molecule has 0 amide bonds. The molecule has 0 atom stereocenters. The van der Waals surface area contributed by atoms with E-state index in [0.717, 1.165) is 17.1 Å². The average molecular weight is 767 g/mol. The van der Waals surface area contributed by atoms with Gasteiger partial charge in [-0.3, -0.25) is 0 Å². The van der Waals surface area contributed by atoms with Crippen LogP contribution in [0.5, 0.6) is 0 Å². The highest BCUT2D eigenvalue weighted by molar-refractivity contribution is 6.00. The van der Waals surface area contributed by atoms with Crippen LogP contribution in [0.3, 0.4) is 0 Å². The van der Waals surface area contributed by atoms with E-state index in [1.807, 2.05) is 0 Å². The molecule has 1 spiro atoms. The second kappa shape index (κ2) is 13.0. The zero-order chi connectivity index (χ0) is 40.0. The van der Waals surface area contributed by atoms with Crippen molar-refractivity contribution in [3.05, 3.63) is 252 Å². The lowest BCUT2D eigenvalue weighted by Gasteiger charge is -2.45. The second-order valence-electron chi connectivity index (χ2n) is 16.8. The zero-order valence-electron chi connectivity index (χ0n) is 33.7. The Kier molecular flexibility index (Phi) is 7.52. The summed E-state index contributed by atoms with van der Waals surface area (Å²) in [5.41, 5.74) is 21.8. The van der Waals surface area contributed by atoms with Gasteiger partial charge in [-0.05, 0) is 110 Å². The molecule has 284 valence electrons. The number of benzene rings is 9. The van der Waals surface area contributed by atoms with Crippen molar-refractivity contribution in [2.45, 2.75) is 24.7 Å². The Hall–Kier alpha value is -7.42. The number of hydrogen-bond acceptors (Lipinski definition) is 2. The van der Waals surface area contributed by atoms with Gasteiger partial charge in [0.1, 0.15) is 0 Å². The van der Waals surface area contributed by atoms with Crippen LogP contribution in [0.4, 0.5) is 34.1 Å². The largest absolute Gasteiger partial charge is 0.310 e. The molecule has 0 N–H and O–H groups in total. The monoisotopic (exact) mass is 766 g/mol. The van der Waals surface area contributed by atoms with Crippen molar-refractivity contribution in [3.63, 3.8) is 0 Å². The first-order valence-electron chi connectivity index (χ1n) is 21.0. The highest BCUT2D eigenvalue weighted by Gasteiger charge is 2.51. The van der Waals surface area contributed by atoms with Crippen LogP contribution >= 0.6 is 0 Å². The topological polar surface area (TPSA) is 6.48 Å². The number of para-hydroxylation sites is 5. The number of anilines is 6. The summed E-state index contributed by atoms with van der Waals surface area (Å²) in [4.78, 5) is 4.94. The zero-order valence-corrected chi connectivity index (χ0v) is 33.7. The molecule has 0 saturated heterocycles. The highest BCUT2D eigenvalue weighted by Crippen LogP contribution is 2.64. The molecule has 0 radical (unpaired) electrons. The summed E-state index contributed by atoms with van der Waals surface area (Å²) in [6, 6.07) is 81.0. The number of hydrogen-bond donors (Lipinski definition) is 0. The molecular formula is C58H42N2. The van der Waals surface area contributed by atoms with E-state index in [4.69, 9.17) is 0 Å². The van der Waals surface area contributed by atoms with Crippen molar-refractivity contribution < 1.29 is 0 Å². The van der Waals surface area contributed by atoms with E-state index in [2.05, 4.69) is 242 Å². The van der Waals surface area contributed by atoms with Crippen LogP contribution in [-0.4, -0.2) is 0 Å². The summed E-state index contributed by atoms with van der Waals surface area (Å²) in [7, 11) is 0. The van der Waals surface area contributed by atoms with E-state index < -0.39 is 5.41 Å². The lowest BCUT2D eigenvalue weighted by atomic mass is 9.64. The summed E-state index contributed by atoms with van der Waals surface area (Å²) >= 11 is 0. The van der Waals surface area contributed by atoms with E-state index in [1.165, 1.54) is 83.8 Å². The molecule has 1 aliphatic heterocycles. The lowest BCUT2D eigenvalue weighted by Crippen LogP contribution is -2.36. The number of rotatable bonds is 5. The van der Waals surface area contributed by atoms with Crippen LogP contribution in [0.15, 0.2) is 218 Å². The van der Waals surface area contributed by atoms with Crippen molar-refractivity contribution in [2.75, 3.05) is 9.80 Å². The van der Waals surface area contributed by atoms with Gasteiger partial charge in [-0.25, -0.2) is 0 Å². The van der Waals surface area contributed by atoms with Gasteiger partial charge in [0.05, 0.1) is 28.2 Å². The fraction of sp³-hybridized carbons (Fsp3) is 0.0690. The van der Waals surface area contributed by atoms with Crippen molar-refractivity contribution >= 4 is 34.1 Å². The molecular weight excluding hydrogens is 725 g/mol. The van der Waals surface area contributed by atoms with E-state index in [9.17, 15) is 0 Å². The predicted octanol–water partition coefficient (Wildman–Crippen LogP) is 15.3. The third-order valence-corrected chi connectivity index (χ3v) is 13.5. The molecule has 0 unspecified atom stereocenters. The molecule has 0 bridgehead atoms. The maximum absolute atomic E-state index is 2.51. The van der Waals surface area contributed by atoms with Gasteiger partial charge >= 0.3 is 0 Å². The lowest BCUT2D eigenvalue weighted by molar-refractivity contribution is 0.660. The Balaban J connectivity index is 1.11. The first-order chi connectivity index (χ1) is 29.6. The minimum atomic E-state index is -0.538. The molecule has 2 heteroatoms. The summed E-state index contributed by atoms with van der Waals surface area (Å²) in [6.45, 7) is 4.72. The maximum atomic E-state index is 2.51. The minimum Gasteiger partial charge on any atom is -0.310 e. The summed E-state index contributed by atoms with van der Waals surface area (Å²) in [5, 5.41) is 0. The third-order valence-electron chi connectivity index (χ3n) is 13.5. The molecule has 2 aliphatic carbocycles. The molecule has 60 heavy (non-hydrogen) atoms. The predicted molar refractivity (Wildman–Crippen MR) is 250 cm³/mol. The summed E-state index contributed by atoms with van der Waals surface area (Å²) in [5.74, 6) is 0. The van der Waals surface area contributed by atoms with Gasteiger partial charge in [0, 0.05) is 27.9 Å². The van der Waals surface area contributed by atoms with Crippen LogP contribution in [0.1, 0.15) is 47.2 Å². The normalized spacial score (nSPS) is 14.4. The fourth-order valence-electron chi connectivity index (χ4n) is 10.9. The van der Waals surface area contributed by atoms with Gasteiger partial charge in [-0.15, -0.1) is 0 Å². The van der Waals surface area contributed by atoms with Gasteiger partial charge < -0.3 is 9.80 Å². The first-order valence-corrected chi connectivity index (χ1v) is 21.0. The molecule has 9 aromatic rings. The third kappa shape index (κ3) is 4.70. The van der Waals surface area contributed by atoms with Crippen LogP contribution < -0.4 is 9.80 Å². The fourth-order valence-corrected chi connectivity index (χ4v) is 10.9. The molecule has 1 heterocycles. The first kappa shape index (κ1) is 34.6. The molecule has 0 fully saturated rings. The van der Waals surface area contributed by atoms with Crippen molar-refractivity contribution in [2.24, 2.45) is 0 Å². The average Bonchev–Trinajstić information content (AvgIpc) is 3.73. The van der Waals surface area contributed by atoms with E-state index in [-0.39, 0.29) is 5.41 Å². The van der Waals surface area contributed by atoms with Crippen LogP contribution in [0, 0.1) is 0 Å². The Morgan fingerprint density at radius 3 is 1.60 bits per heavy atom.